The third-order valence-corrected chi connectivity index (χ3v) is 5.94. The van der Waals surface area contributed by atoms with E-state index in [1.807, 2.05) is 0 Å². The Bertz CT molecular complexity index is 881. The predicted octanol–water partition coefficient (Wildman–Crippen LogP) is 8.92. The van der Waals surface area contributed by atoms with E-state index in [-0.39, 0.29) is 16.5 Å². The summed E-state index contributed by atoms with van der Waals surface area (Å²) in [5, 5.41) is 0. The van der Waals surface area contributed by atoms with Gasteiger partial charge in [0.1, 0.15) is 0 Å². The molecular formula is C28H40N2Ni. The van der Waals surface area contributed by atoms with Gasteiger partial charge in [0.2, 0.25) is 0 Å². The van der Waals surface area contributed by atoms with Crippen LogP contribution in [0.25, 0.3) is 0 Å². The Labute approximate surface area is 200 Å². The van der Waals surface area contributed by atoms with Crippen molar-refractivity contribution in [3.05, 3.63) is 58.7 Å². The molecule has 3 heteroatoms. The maximum atomic E-state index is 5.09. The van der Waals surface area contributed by atoms with E-state index in [0.717, 1.165) is 35.6 Å². The Morgan fingerprint density at radius 1 is 0.613 bits per heavy atom. The van der Waals surface area contributed by atoms with Crippen molar-refractivity contribution in [2.24, 2.45) is 9.98 Å². The molecule has 0 aliphatic heterocycles. The second-order valence-electron chi connectivity index (χ2n) is 8.53. The van der Waals surface area contributed by atoms with Gasteiger partial charge in [-0.1, -0.05) is 58.1 Å². The molecule has 0 saturated carbocycles. The average molecular weight is 463 g/mol. The van der Waals surface area contributed by atoms with E-state index in [4.69, 9.17) is 9.98 Å². The smallest absolute Gasteiger partial charge is 0.0636 e. The van der Waals surface area contributed by atoms with Gasteiger partial charge >= 0.3 is 0 Å². The maximum absolute atomic E-state index is 5.09. The van der Waals surface area contributed by atoms with Crippen molar-refractivity contribution < 1.29 is 16.5 Å². The molecular weight excluding hydrogens is 423 g/mol. The Balaban J connectivity index is 0.00000480. The number of nitrogens with zero attached hydrogens (tertiary/aromatic N) is 2. The Hall–Kier alpha value is -1.73. The molecule has 0 amide bonds. The van der Waals surface area contributed by atoms with Gasteiger partial charge in [0.15, 0.2) is 0 Å². The number of aryl methyl sites for hydroxylation is 4. The van der Waals surface area contributed by atoms with Gasteiger partial charge in [-0.2, -0.15) is 0 Å². The van der Waals surface area contributed by atoms with Crippen LogP contribution < -0.4 is 0 Å². The van der Waals surface area contributed by atoms with E-state index in [1.165, 1.54) is 60.8 Å². The number of hydrogen-bond acceptors (Lipinski definition) is 2. The van der Waals surface area contributed by atoms with Crippen molar-refractivity contribution in [1.82, 2.24) is 0 Å². The molecule has 2 aromatic rings. The van der Waals surface area contributed by atoms with Crippen molar-refractivity contribution in [2.45, 2.75) is 92.9 Å². The Kier molecular flexibility index (Phi) is 12.6. The van der Waals surface area contributed by atoms with Crippen LogP contribution in [0.1, 0.15) is 87.5 Å². The standard InChI is InChI=1S/C28H40N2.Ni/c1-7-9-10-11-12-13-14-28(30-26-18-16-22(4)24(6)20-26)27(8-2)29-25-17-15-21(3)23(5)19-25;/h15-20H,7-14H2,1-6H3;. The molecule has 0 N–H and O–H groups in total. The number of unbranched alkanes of at least 4 members (excludes halogenated alkanes) is 5. The molecule has 0 atom stereocenters. The van der Waals surface area contributed by atoms with Gasteiger partial charge in [-0.3, -0.25) is 9.98 Å². The number of hydrogen-bond donors (Lipinski definition) is 0. The molecule has 0 bridgehead atoms. The minimum absolute atomic E-state index is 0. The first kappa shape index (κ1) is 27.3. The summed E-state index contributed by atoms with van der Waals surface area (Å²) >= 11 is 0. The van der Waals surface area contributed by atoms with Crippen molar-refractivity contribution in [3.63, 3.8) is 0 Å². The first-order chi connectivity index (χ1) is 14.4. The molecule has 2 rings (SSSR count). The molecule has 0 aliphatic rings. The second-order valence-corrected chi connectivity index (χ2v) is 8.53. The topological polar surface area (TPSA) is 24.7 Å². The van der Waals surface area contributed by atoms with E-state index < -0.39 is 0 Å². The predicted molar refractivity (Wildman–Crippen MR) is 134 cm³/mol. The van der Waals surface area contributed by atoms with Crippen LogP contribution in [0.5, 0.6) is 0 Å². The Morgan fingerprint density at radius 2 is 1.10 bits per heavy atom. The summed E-state index contributed by atoms with van der Waals surface area (Å²) in [5.41, 5.74) is 9.54. The number of aliphatic imine (C=N–C) groups is 2. The zero-order valence-corrected chi connectivity index (χ0v) is 21.3. The molecule has 0 aromatic heterocycles. The van der Waals surface area contributed by atoms with Gasteiger partial charge in [-0.15, -0.1) is 0 Å². The maximum Gasteiger partial charge on any atom is 0.0636 e. The first-order valence-electron chi connectivity index (χ1n) is 11.7. The molecule has 172 valence electrons. The molecule has 0 heterocycles. The molecule has 0 saturated heterocycles. The summed E-state index contributed by atoms with van der Waals surface area (Å²) in [5.74, 6) is 0. The fourth-order valence-electron chi connectivity index (χ4n) is 3.59. The monoisotopic (exact) mass is 462 g/mol. The van der Waals surface area contributed by atoms with E-state index in [2.05, 4.69) is 77.9 Å². The fourth-order valence-corrected chi connectivity index (χ4v) is 3.59. The molecule has 0 unspecified atom stereocenters. The van der Waals surface area contributed by atoms with Crippen LogP contribution in [0.4, 0.5) is 11.4 Å². The van der Waals surface area contributed by atoms with Crippen LogP contribution in [-0.2, 0) is 16.5 Å². The van der Waals surface area contributed by atoms with Crippen LogP contribution in [-0.4, -0.2) is 11.4 Å². The zero-order chi connectivity index (χ0) is 21.9. The van der Waals surface area contributed by atoms with Crippen LogP contribution in [0.3, 0.4) is 0 Å². The van der Waals surface area contributed by atoms with Crippen molar-refractivity contribution >= 4 is 22.8 Å². The summed E-state index contributed by atoms with van der Waals surface area (Å²) in [6.07, 6.45) is 9.65. The van der Waals surface area contributed by atoms with Crippen LogP contribution in [0.2, 0.25) is 0 Å². The minimum Gasteiger partial charge on any atom is -0.252 e. The molecule has 31 heavy (non-hydrogen) atoms. The van der Waals surface area contributed by atoms with Gasteiger partial charge < -0.3 is 0 Å². The minimum atomic E-state index is 0. The van der Waals surface area contributed by atoms with E-state index in [1.54, 1.807) is 0 Å². The van der Waals surface area contributed by atoms with E-state index in [0.29, 0.717) is 0 Å². The largest absolute Gasteiger partial charge is 0.252 e. The fraction of sp³-hybridized carbons (Fsp3) is 0.500. The second kappa shape index (κ2) is 14.4. The SMILES string of the molecule is CCCCCCCCC(=Nc1ccc(C)c(C)c1)C(CC)=Nc1ccc(C)c(C)c1.[Ni]. The van der Waals surface area contributed by atoms with E-state index in [9.17, 15) is 0 Å². The van der Waals surface area contributed by atoms with Gasteiger partial charge in [-0.05, 0) is 93.5 Å². The quantitative estimate of drug-likeness (QED) is 0.181. The molecule has 0 fully saturated rings. The van der Waals surface area contributed by atoms with Crippen LogP contribution in [0, 0.1) is 27.7 Å². The van der Waals surface area contributed by atoms with Crippen LogP contribution >= 0.6 is 0 Å². The molecule has 0 aliphatic carbocycles. The third kappa shape index (κ3) is 9.11. The summed E-state index contributed by atoms with van der Waals surface area (Å²) < 4.78 is 0. The van der Waals surface area contributed by atoms with Gasteiger partial charge in [0, 0.05) is 16.5 Å². The normalized spacial score (nSPS) is 12.1. The van der Waals surface area contributed by atoms with E-state index >= 15 is 0 Å². The first-order valence-corrected chi connectivity index (χ1v) is 11.7. The number of benzene rings is 2. The van der Waals surface area contributed by atoms with Gasteiger partial charge in [0.05, 0.1) is 22.8 Å². The summed E-state index contributed by atoms with van der Waals surface area (Å²) in [4.78, 5) is 10.1. The summed E-state index contributed by atoms with van der Waals surface area (Å²) in [7, 11) is 0. The van der Waals surface area contributed by atoms with Crippen molar-refractivity contribution in [1.29, 1.82) is 0 Å². The molecule has 2 aromatic carbocycles. The third-order valence-electron chi connectivity index (χ3n) is 5.94. The molecule has 0 spiro atoms. The average Bonchev–Trinajstić information content (AvgIpc) is 2.73. The number of rotatable bonds is 11. The van der Waals surface area contributed by atoms with Crippen molar-refractivity contribution in [2.75, 3.05) is 0 Å². The molecule has 0 radical (unpaired) electrons. The van der Waals surface area contributed by atoms with Crippen LogP contribution in [0.15, 0.2) is 46.4 Å². The van der Waals surface area contributed by atoms with Gasteiger partial charge in [0.25, 0.3) is 0 Å². The van der Waals surface area contributed by atoms with Gasteiger partial charge in [-0.25, -0.2) is 0 Å². The summed E-state index contributed by atoms with van der Waals surface area (Å²) in [6, 6.07) is 13.0. The zero-order valence-electron chi connectivity index (χ0n) is 20.3. The Morgan fingerprint density at radius 3 is 1.58 bits per heavy atom. The summed E-state index contributed by atoms with van der Waals surface area (Å²) in [6.45, 7) is 13.1. The van der Waals surface area contributed by atoms with Crippen molar-refractivity contribution in [3.8, 4) is 0 Å². The molecule has 2 nitrogen and oxygen atoms in total.